The average molecular weight is 356 g/mol. The van der Waals surface area contributed by atoms with Gasteiger partial charge in [-0.15, -0.1) is 0 Å². The summed E-state index contributed by atoms with van der Waals surface area (Å²) in [5.41, 5.74) is 0.774. The summed E-state index contributed by atoms with van der Waals surface area (Å²) in [4.78, 5) is 16.2. The molecule has 2 N–H and O–H groups in total. The van der Waals surface area contributed by atoms with E-state index in [0.717, 1.165) is 31.5 Å². The number of likely N-dealkylation sites (tertiary alicyclic amines) is 1. The molecule has 0 bridgehead atoms. The van der Waals surface area contributed by atoms with Crippen molar-refractivity contribution < 1.29 is 14.3 Å². The summed E-state index contributed by atoms with van der Waals surface area (Å²) in [6.07, 6.45) is 1.91. The molecule has 7 heteroatoms. The van der Waals surface area contributed by atoms with E-state index in [4.69, 9.17) is 11.6 Å². The molecule has 3 atom stereocenters. The number of hydrogen-bond donors (Lipinski definition) is 2. The number of urea groups is 1. The Kier molecular flexibility index (Phi) is 5.15. The second-order valence-corrected chi connectivity index (χ2v) is 7.03. The van der Waals surface area contributed by atoms with E-state index in [1.54, 1.807) is 17.0 Å². The van der Waals surface area contributed by atoms with Crippen molar-refractivity contribution in [3.63, 3.8) is 0 Å². The van der Waals surface area contributed by atoms with Gasteiger partial charge in [0.25, 0.3) is 0 Å². The van der Waals surface area contributed by atoms with Gasteiger partial charge in [-0.1, -0.05) is 11.6 Å². The van der Waals surface area contributed by atoms with Gasteiger partial charge in [-0.2, -0.15) is 0 Å². The average Bonchev–Trinajstić information content (AvgIpc) is 3.01. The number of hydrogen-bond acceptors (Lipinski definition) is 3. The smallest absolute Gasteiger partial charge is 0.318 e. The summed E-state index contributed by atoms with van der Waals surface area (Å²) in [5, 5.41) is 13.1. The molecule has 2 saturated heterocycles. The Morgan fingerprint density at radius 3 is 2.92 bits per heavy atom. The van der Waals surface area contributed by atoms with Gasteiger partial charge in [-0.25, -0.2) is 9.18 Å². The number of rotatable bonds is 2. The minimum absolute atomic E-state index is 0.0162. The van der Waals surface area contributed by atoms with Crippen LogP contribution >= 0.6 is 11.6 Å². The number of anilines is 1. The van der Waals surface area contributed by atoms with Gasteiger partial charge in [-0.05, 0) is 44.4 Å². The van der Waals surface area contributed by atoms with Gasteiger partial charge in [0.2, 0.25) is 0 Å². The highest BCUT2D eigenvalue weighted by Crippen LogP contribution is 2.25. The standard InChI is InChI=1S/C17H23ClFN3O2/c1-11-16(23)3-2-7-22(11)17(24)20-12-6-8-21(10-12)13-4-5-14(18)15(19)9-13/h4-5,9,11-12,16,23H,2-3,6-8,10H2,1H3,(H,20,24). The first-order valence-corrected chi connectivity index (χ1v) is 8.78. The second-order valence-electron chi connectivity index (χ2n) is 6.62. The van der Waals surface area contributed by atoms with Crippen LogP contribution in [0.25, 0.3) is 0 Å². The van der Waals surface area contributed by atoms with Gasteiger partial charge in [0, 0.05) is 31.4 Å². The van der Waals surface area contributed by atoms with E-state index in [1.807, 2.05) is 11.8 Å². The number of benzene rings is 1. The first-order chi connectivity index (χ1) is 11.5. The van der Waals surface area contributed by atoms with Gasteiger partial charge in [-0.3, -0.25) is 0 Å². The monoisotopic (exact) mass is 355 g/mol. The molecule has 3 unspecified atom stereocenters. The number of nitrogens with one attached hydrogen (secondary N) is 1. The van der Waals surface area contributed by atoms with Crippen LogP contribution in [0.15, 0.2) is 18.2 Å². The number of amides is 2. The molecule has 2 heterocycles. The highest BCUT2D eigenvalue weighted by Gasteiger charge is 2.32. The van der Waals surface area contributed by atoms with Crippen molar-refractivity contribution in [1.29, 1.82) is 0 Å². The molecule has 0 spiro atoms. The van der Waals surface area contributed by atoms with E-state index in [2.05, 4.69) is 5.32 Å². The quantitative estimate of drug-likeness (QED) is 0.857. The van der Waals surface area contributed by atoms with Gasteiger partial charge in [0.15, 0.2) is 0 Å². The Morgan fingerprint density at radius 2 is 2.17 bits per heavy atom. The molecule has 2 fully saturated rings. The number of aliphatic hydroxyl groups is 1. The lowest BCUT2D eigenvalue weighted by Gasteiger charge is -2.37. The fourth-order valence-corrected chi connectivity index (χ4v) is 3.58. The maximum Gasteiger partial charge on any atom is 0.318 e. The van der Waals surface area contributed by atoms with Gasteiger partial charge in [0.1, 0.15) is 5.82 Å². The van der Waals surface area contributed by atoms with E-state index in [-0.39, 0.29) is 23.1 Å². The number of halogens is 2. The van der Waals surface area contributed by atoms with Crippen LogP contribution in [0.5, 0.6) is 0 Å². The molecule has 3 rings (SSSR count). The molecule has 0 saturated carbocycles. The molecule has 1 aromatic rings. The zero-order valence-electron chi connectivity index (χ0n) is 13.7. The Labute approximate surface area is 146 Å². The van der Waals surface area contributed by atoms with Crippen LogP contribution in [0, 0.1) is 5.82 Å². The molecule has 2 aliphatic heterocycles. The summed E-state index contributed by atoms with van der Waals surface area (Å²) >= 11 is 5.72. The number of carbonyl (C=O) groups is 1. The fourth-order valence-electron chi connectivity index (χ4n) is 3.46. The lowest BCUT2D eigenvalue weighted by Crippen LogP contribution is -2.54. The first kappa shape index (κ1) is 17.3. The Hall–Kier alpha value is -1.53. The van der Waals surface area contributed by atoms with Crippen LogP contribution < -0.4 is 10.2 Å². The van der Waals surface area contributed by atoms with Gasteiger partial charge in [0.05, 0.1) is 17.2 Å². The number of nitrogens with zero attached hydrogens (tertiary/aromatic N) is 2. The summed E-state index contributed by atoms with van der Waals surface area (Å²) in [6, 6.07) is 4.49. The molecular weight excluding hydrogens is 333 g/mol. The number of carbonyl (C=O) groups excluding carboxylic acids is 1. The lowest BCUT2D eigenvalue weighted by molar-refractivity contribution is 0.0384. The molecule has 2 amide bonds. The zero-order valence-corrected chi connectivity index (χ0v) is 14.5. The summed E-state index contributed by atoms with van der Waals surface area (Å²) in [6.45, 7) is 3.94. The summed E-state index contributed by atoms with van der Waals surface area (Å²) < 4.78 is 13.6. The Morgan fingerprint density at radius 1 is 1.38 bits per heavy atom. The van der Waals surface area contributed by atoms with E-state index in [0.29, 0.717) is 13.1 Å². The van der Waals surface area contributed by atoms with Crippen LogP contribution in [-0.2, 0) is 0 Å². The van der Waals surface area contributed by atoms with Crippen LogP contribution in [0.1, 0.15) is 26.2 Å². The molecule has 0 aliphatic carbocycles. The molecule has 132 valence electrons. The lowest BCUT2D eigenvalue weighted by atomic mass is 10.0. The van der Waals surface area contributed by atoms with Crippen molar-refractivity contribution in [1.82, 2.24) is 10.2 Å². The Balaban J connectivity index is 1.57. The van der Waals surface area contributed by atoms with Crippen molar-refractivity contribution in [3.05, 3.63) is 29.0 Å². The maximum absolute atomic E-state index is 13.6. The first-order valence-electron chi connectivity index (χ1n) is 8.41. The fraction of sp³-hybridized carbons (Fsp3) is 0.588. The van der Waals surface area contributed by atoms with Crippen LogP contribution in [-0.4, -0.2) is 53.9 Å². The maximum atomic E-state index is 13.6. The summed E-state index contributed by atoms with van der Waals surface area (Å²) in [7, 11) is 0. The molecule has 24 heavy (non-hydrogen) atoms. The normalized spacial score (nSPS) is 27.4. The molecular formula is C17H23ClFN3O2. The third-order valence-electron chi connectivity index (χ3n) is 4.99. The van der Waals surface area contributed by atoms with Crippen molar-refractivity contribution in [3.8, 4) is 0 Å². The van der Waals surface area contributed by atoms with Crippen molar-refractivity contribution in [2.24, 2.45) is 0 Å². The number of aliphatic hydroxyl groups excluding tert-OH is 1. The van der Waals surface area contributed by atoms with Crippen LogP contribution in [0.3, 0.4) is 0 Å². The molecule has 1 aromatic carbocycles. The van der Waals surface area contributed by atoms with Crippen LogP contribution in [0.4, 0.5) is 14.9 Å². The second kappa shape index (κ2) is 7.15. The van der Waals surface area contributed by atoms with E-state index < -0.39 is 11.9 Å². The van der Waals surface area contributed by atoms with Crippen molar-refractivity contribution >= 4 is 23.3 Å². The predicted molar refractivity (Wildman–Crippen MR) is 92.0 cm³/mol. The van der Waals surface area contributed by atoms with Crippen LogP contribution in [0.2, 0.25) is 5.02 Å². The highest BCUT2D eigenvalue weighted by atomic mass is 35.5. The van der Waals surface area contributed by atoms with E-state index in [9.17, 15) is 14.3 Å². The van der Waals surface area contributed by atoms with E-state index in [1.165, 1.54) is 6.07 Å². The largest absolute Gasteiger partial charge is 0.391 e. The minimum atomic E-state index is -0.457. The predicted octanol–water partition coefficient (Wildman–Crippen LogP) is 2.61. The van der Waals surface area contributed by atoms with Crippen molar-refractivity contribution in [2.45, 2.75) is 44.4 Å². The SMILES string of the molecule is CC1C(O)CCCN1C(=O)NC1CCN(c2ccc(Cl)c(F)c2)C1. The molecule has 2 aliphatic rings. The Bertz CT molecular complexity index is 615. The number of piperidine rings is 1. The third-order valence-corrected chi connectivity index (χ3v) is 5.30. The third kappa shape index (κ3) is 3.59. The summed E-state index contributed by atoms with van der Waals surface area (Å²) in [5.74, 6) is -0.433. The molecule has 5 nitrogen and oxygen atoms in total. The molecule has 0 radical (unpaired) electrons. The van der Waals surface area contributed by atoms with E-state index >= 15 is 0 Å². The highest BCUT2D eigenvalue weighted by molar-refractivity contribution is 6.30. The topological polar surface area (TPSA) is 55.8 Å². The van der Waals surface area contributed by atoms with Crippen molar-refractivity contribution in [2.75, 3.05) is 24.5 Å². The zero-order chi connectivity index (χ0) is 17.3. The molecule has 0 aromatic heterocycles. The van der Waals surface area contributed by atoms with Gasteiger partial charge >= 0.3 is 6.03 Å². The van der Waals surface area contributed by atoms with Gasteiger partial charge < -0.3 is 20.2 Å². The minimum Gasteiger partial charge on any atom is -0.391 e.